The van der Waals surface area contributed by atoms with Gasteiger partial charge in [0.15, 0.2) is 6.61 Å². The highest BCUT2D eigenvalue weighted by Crippen LogP contribution is 2.22. The number of H-pyrrole nitrogens is 1. The number of benzene rings is 2. The SMILES string of the molecule is Cc1c(C(=O)OCC(=O)c2c[nH]c3ccccc23)cccc1[N+](=O)[O-]. The maximum Gasteiger partial charge on any atom is 0.339 e. The monoisotopic (exact) mass is 338 g/mol. The lowest BCUT2D eigenvalue weighted by Crippen LogP contribution is -2.15. The van der Waals surface area contributed by atoms with Gasteiger partial charge in [0.25, 0.3) is 5.69 Å². The van der Waals surface area contributed by atoms with Crippen LogP contribution in [0.25, 0.3) is 10.9 Å². The van der Waals surface area contributed by atoms with Gasteiger partial charge in [0, 0.05) is 34.3 Å². The Labute approximate surface area is 142 Å². The second-order valence-electron chi connectivity index (χ2n) is 5.45. The molecule has 0 aliphatic carbocycles. The summed E-state index contributed by atoms with van der Waals surface area (Å²) in [5, 5.41) is 11.7. The summed E-state index contributed by atoms with van der Waals surface area (Å²) in [5.41, 5.74) is 1.35. The molecule has 0 bridgehead atoms. The molecule has 3 rings (SSSR count). The van der Waals surface area contributed by atoms with E-state index in [1.54, 1.807) is 12.3 Å². The highest BCUT2D eigenvalue weighted by molar-refractivity contribution is 6.09. The van der Waals surface area contributed by atoms with E-state index in [0.29, 0.717) is 5.56 Å². The van der Waals surface area contributed by atoms with Crippen LogP contribution in [0.4, 0.5) is 5.69 Å². The van der Waals surface area contributed by atoms with Gasteiger partial charge in [-0.2, -0.15) is 0 Å². The predicted molar refractivity (Wildman–Crippen MR) is 90.7 cm³/mol. The summed E-state index contributed by atoms with van der Waals surface area (Å²) in [4.78, 5) is 37.8. The summed E-state index contributed by atoms with van der Waals surface area (Å²) in [5.74, 6) is -1.12. The van der Waals surface area contributed by atoms with E-state index in [2.05, 4.69) is 4.98 Å². The van der Waals surface area contributed by atoms with Crippen LogP contribution in [-0.2, 0) is 4.74 Å². The van der Waals surface area contributed by atoms with Crippen LogP contribution in [0, 0.1) is 17.0 Å². The van der Waals surface area contributed by atoms with Gasteiger partial charge in [-0.3, -0.25) is 14.9 Å². The molecular formula is C18H14N2O5. The molecule has 0 atom stereocenters. The van der Waals surface area contributed by atoms with Gasteiger partial charge in [-0.05, 0) is 19.1 Å². The fraction of sp³-hybridized carbons (Fsp3) is 0.111. The molecule has 7 heteroatoms. The lowest BCUT2D eigenvalue weighted by atomic mass is 10.1. The number of aromatic amines is 1. The molecule has 0 aliphatic rings. The Balaban J connectivity index is 1.75. The number of ketones is 1. The zero-order valence-corrected chi connectivity index (χ0v) is 13.3. The van der Waals surface area contributed by atoms with Gasteiger partial charge in [-0.1, -0.05) is 24.3 Å². The number of Topliss-reactive ketones (excluding diaryl/α,β-unsaturated/α-hetero) is 1. The average molecular weight is 338 g/mol. The maximum absolute atomic E-state index is 12.3. The highest BCUT2D eigenvalue weighted by Gasteiger charge is 2.20. The first-order valence-corrected chi connectivity index (χ1v) is 7.49. The fourth-order valence-corrected chi connectivity index (χ4v) is 2.63. The summed E-state index contributed by atoms with van der Waals surface area (Å²) in [7, 11) is 0. The quantitative estimate of drug-likeness (QED) is 0.332. The largest absolute Gasteiger partial charge is 0.454 e. The number of fused-ring (bicyclic) bond motifs is 1. The van der Waals surface area contributed by atoms with Gasteiger partial charge >= 0.3 is 5.97 Å². The van der Waals surface area contributed by atoms with Crippen molar-refractivity contribution >= 4 is 28.3 Å². The number of aromatic nitrogens is 1. The molecule has 126 valence electrons. The van der Waals surface area contributed by atoms with Crippen LogP contribution in [0.2, 0.25) is 0 Å². The topological polar surface area (TPSA) is 102 Å². The number of nitrogens with zero attached hydrogens (tertiary/aromatic N) is 1. The number of carbonyl (C=O) groups is 2. The normalized spacial score (nSPS) is 10.6. The Morgan fingerprint density at radius 2 is 1.88 bits per heavy atom. The Morgan fingerprint density at radius 1 is 1.12 bits per heavy atom. The highest BCUT2D eigenvalue weighted by atomic mass is 16.6. The molecule has 2 aromatic carbocycles. The van der Waals surface area contributed by atoms with Crippen molar-refractivity contribution < 1.29 is 19.2 Å². The Morgan fingerprint density at radius 3 is 2.64 bits per heavy atom. The summed E-state index contributed by atoms with van der Waals surface area (Å²) in [6, 6.07) is 11.4. The van der Waals surface area contributed by atoms with Crippen LogP contribution < -0.4 is 0 Å². The number of rotatable bonds is 5. The second kappa shape index (κ2) is 6.56. The van der Waals surface area contributed by atoms with Crippen molar-refractivity contribution in [2.24, 2.45) is 0 Å². The summed E-state index contributed by atoms with van der Waals surface area (Å²) < 4.78 is 5.05. The summed E-state index contributed by atoms with van der Waals surface area (Å²) in [6.07, 6.45) is 1.57. The first-order chi connectivity index (χ1) is 12.0. The lowest BCUT2D eigenvalue weighted by molar-refractivity contribution is -0.385. The molecule has 0 radical (unpaired) electrons. The first kappa shape index (κ1) is 16.4. The number of esters is 1. The third kappa shape index (κ3) is 3.12. The average Bonchev–Trinajstić information content (AvgIpc) is 3.03. The molecule has 0 unspecified atom stereocenters. The third-order valence-electron chi connectivity index (χ3n) is 3.95. The smallest absolute Gasteiger partial charge is 0.339 e. The molecule has 3 aromatic rings. The third-order valence-corrected chi connectivity index (χ3v) is 3.95. The van der Waals surface area contributed by atoms with Crippen LogP contribution in [0.3, 0.4) is 0 Å². The molecule has 25 heavy (non-hydrogen) atoms. The second-order valence-corrected chi connectivity index (χ2v) is 5.45. The van der Waals surface area contributed by atoms with Gasteiger partial charge < -0.3 is 9.72 Å². The fourth-order valence-electron chi connectivity index (χ4n) is 2.63. The molecule has 0 spiro atoms. The van der Waals surface area contributed by atoms with Crippen molar-refractivity contribution in [1.29, 1.82) is 0 Å². The van der Waals surface area contributed by atoms with Crippen LogP contribution in [0.5, 0.6) is 0 Å². The van der Waals surface area contributed by atoms with Crippen LogP contribution in [0.15, 0.2) is 48.7 Å². The molecule has 0 aliphatic heterocycles. The van der Waals surface area contributed by atoms with Crippen molar-refractivity contribution in [3.63, 3.8) is 0 Å². The van der Waals surface area contributed by atoms with Crippen molar-refractivity contribution in [1.82, 2.24) is 4.98 Å². The van der Waals surface area contributed by atoms with E-state index in [4.69, 9.17) is 4.74 Å². The molecule has 1 heterocycles. The number of para-hydroxylation sites is 1. The minimum Gasteiger partial charge on any atom is -0.454 e. The Kier molecular flexibility index (Phi) is 4.30. The van der Waals surface area contributed by atoms with Crippen molar-refractivity contribution in [3.8, 4) is 0 Å². The molecule has 0 saturated carbocycles. The number of nitro benzene ring substituents is 1. The number of hydrogen-bond acceptors (Lipinski definition) is 5. The molecule has 1 N–H and O–H groups in total. The van der Waals surface area contributed by atoms with Crippen LogP contribution in [-0.4, -0.2) is 28.3 Å². The molecular weight excluding hydrogens is 324 g/mol. The van der Waals surface area contributed by atoms with Gasteiger partial charge in [0.05, 0.1) is 10.5 Å². The van der Waals surface area contributed by atoms with Gasteiger partial charge in [0.1, 0.15) is 0 Å². The minimum atomic E-state index is -0.769. The van der Waals surface area contributed by atoms with Gasteiger partial charge in [-0.15, -0.1) is 0 Å². The number of nitro groups is 1. The van der Waals surface area contributed by atoms with Gasteiger partial charge in [0.2, 0.25) is 5.78 Å². The van der Waals surface area contributed by atoms with Crippen molar-refractivity contribution in [2.45, 2.75) is 6.92 Å². The van der Waals surface area contributed by atoms with E-state index < -0.39 is 17.5 Å². The van der Waals surface area contributed by atoms with Crippen molar-refractivity contribution in [2.75, 3.05) is 6.61 Å². The van der Waals surface area contributed by atoms with Crippen molar-refractivity contribution in [3.05, 3.63) is 75.5 Å². The first-order valence-electron chi connectivity index (χ1n) is 7.49. The van der Waals surface area contributed by atoms with E-state index in [-0.39, 0.29) is 22.6 Å². The molecule has 7 nitrogen and oxygen atoms in total. The van der Waals surface area contributed by atoms with E-state index in [0.717, 1.165) is 10.9 Å². The van der Waals surface area contributed by atoms with Gasteiger partial charge in [-0.25, -0.2) is 4.79 Å². The van der Waals surface area contributed by atoms with E-state index >= 15 is 0 Å². The standard InChI is InChI=1S/C18H14N2O5/c1-11-12(6-4-8-16(11)20(23)24)18(22)25-10-17(21)14-9-19-15-7-3-2-5-13(14)15/h2-9,19H,10H2,1H3. The lowest BCUT2D eigenvalue weighted by Gasteiger charge is -2.07. The molecule has 0 fully saturated rings. The zero-order valence-electron chi connectivity index (χ0n) is 13.3. The number of ether oxygens (including phenoxy) is 1. The van der Waals surface area contributed by atoms with Crippen LogP contribution >= 0.6 is 0 Å². The van der Waals surface area contributed by atoms with E-state index in [1.165, 1.54) is 25.1 Å². The Hall–Kier alpha value is -3.48. The molecule has 0 saturated heterocycles. The zero-order chi connectivity index (χ0) is 18.0. The molecule has 1 aromatic heterocycles. The van der Waals surface area contributed by atoms with E-state index in [1.807, 2.05) is 18.2 Å². The number of carbonyl (C=O) groups excluding carboxylic acids is 2. The maximum atomic E-state index is 12.3. The predicted octanol–water partition coefficient (Wildman–Crippen LogP) is 3.42. The summed E-state index contributed by atoms with van der Waals surface area (Å²) in [6.45, 7) is 1.03. The Bertz CT molecular complexity index is 990. The number of hydrogen-bond donors (Lipinski definition) is 1. The van der Waals surface area contributed by atoms with E-state index in [9.17, 15) is 19.7 Å². The number of nitrogens with one attached hydrogen (secondary N) is 1. The summed E-state index contributed by atoms with van der Waals surface area (Å²) >= 11 is 0. The minimum absolute atomic E-state index is 0.0703. The molecule has 0 amide bonds. The van der Waals surface area contributed by atoms with Crippen LogP contribution in [0.1, 0.15) is 26.3 Å².